The smallest absolute Gasteiger partial charge is 0.251 e. The van der Waals surface area contributed by atoms with Crippen LogP contribution in [0.3, 0.4) is 0 Å². The zero-order valence-corrected chi connectivity index (χ0v) is 17.1. The molecule has 0 saturated heterocycles. The van der Waals surface area contributed by atoms with Gasteiger partial charge >= 0.3 is 0 Å². The van der Waals surface area contributed by atoms with Crippen molar-refractivity contribution in [1.82, 2.24) is 10.3 Å². The molecule has 2 aromatic carbocycles. The molecule has 3 rings (SSSR count). The fraction of sp³-hybridized carbons (Fsp3) is 0.100. The lowest BCUT2D eigenvalue weighted by atomic mass is 10.1. The van der Waals surface area contributed by atoms with Crippen LogP contribution in [0.25, 0.3) is 11.3 Å². The van der Waals surface area contributed by atoms with Crippen LogP contribution in [0.15, 0.2) is 65.7 Å². The Labute approximate surface area is 173 Å². The van der Waals surface area contributed by atoms with Crippen LogP contribution >= 0.6 is 23.2 Å². The third kappa shape index (κ3) is 4.52. The lowest BCUT2D eigenvalue weighted by molar-refractivity contribution is 0.0963. The maximum atomic E-state index is 12.8. The maximum absolute atomic E-state index is 12.8. The van der Waals surface area contributed by atoms with Gasteiger partial charge in [-0.15, -0.1) is 0 Å². The normalized spacial score (nSPS) is 11.2. The fourth-order valence-corrected chi connectivity index (χ4v) is 4.52. The first-order chi connectivity index (χ1) is 13.3. The van der Waals surface area contributed by atoms with Crippen LogP contribution in [0.5, 0.6) is 0 Å². The minimum Gasteiger partial charge on any atom is -0.355 e. The molecule has 3 aromatic rings. The Kier molecular flexibility index (Phi) is 6.03. The third-order valence-corrected chi connectivity index (χ3v) is 6.27. The molecule has 1 heterocycles. The molecule has 1 aromatic heterocycles. The summed E-state index contributed by atoms with van der Waals surface area (Å²) in [6, 6.07) is 14.4. The van der Waals surface area contributed by atoms with Crippen molar-refractivity contribution in [2.24, 2.45) is 0 Å². The Morgan fingerprint density at radius 2 is 1.79 bits per heavy atom. The van der Waals surface area contributed by atoms with Crippen molar-refractivity contribution < 1.29 is 13.2 Å². The summed E-state index contributed by atoms with van der Waals surface area (Å²) >= 11 is 12.0. The first-order valence-corrected chi connectivity index (χ1v) is 10.7. The van der Waals surface area contributed by atoms with E-state index in [2.05, 4.69) is 10.3 Å². The molecular weight excluding hydrogens is 419 g/mol. The van der Waals surface area contributed by atoms with Crippen molar-refractivity contribution in [3.63, 3.8) is 0 Å². The number of rotatable bonds is 5. The Hall–Kier alpha value is -2.41. The number of hydrogen-bond acceptors (Lipinski definition) is 4. The van der Waals surface area contributed by atoms with Gasteiger partial charge in [0, 0.05) is 24.4 Å². The number of amides is 1. The van der Waals surface area contributed by atoms with E-state index in [1.54, 1.807) is 42.5 Å². The van der Waals surface area contributed by atoms with E-state index in [-0.39, 0.29) is 16.6 Å². The van der Waals surface area contributed by atoms with E-state index in [1.165, 1.54) is 25.4 Å². The largest absolute Gasteiger partial charge is 0.355 e. The highest BCUT2D eigenvalue weighted by Crippen LogP contribution is 2.29. The molecule has 144 valence electrons. The average Bonchev–Trinajstić information content (AvgIpc) is 2.67. The van der Waals surface area contributed by atoms with Gasteiger partial charge < -0.3 is 5.32 Å². The van der Waals surface area contributed by atoms with Crippen molar-refractivity contribution in [3.05, 3.63) is 82.0 Å². The van der Waals surface area contributed by atoms with Crippen molar-refractivity contribution in [1.29, 1.82) is 0 Å². The minimum absolute atomic E-state index is 0.173. The van der Waals surface area contributed by atoms with Gasteiger partial charge in [-0.3, -0.25) is 9.78 Å². The van der Waals surface area contributed by atoms with E-state index in [0.29, 0.717) is 32.4 Å². The quantitative estimate of drug-likeness (QED) is 0.645. The molecule has 0 radical (unpaired) electrons. The number of hydrogen-bond donors (Lipinski definition) is 1. The number of pyridine rings is 1. The molecule has 0 aliphatic heterocycles. The summed E-state index contributed by atoms with van der Waals surface area (Å²) in [6.45, 7) is 0. The standard InChI is InChI=1S/C20H16Cl2N2O3S/c1-23-20(25)15-4-2-3-13(9-15)12-28(26,27)17-7-5-14(6-8-17)19-18(22)10-16(21)11-24-19/h2-11H,12H2,1H3,(H,23,25). The first kappa shape index (κ1) is 20.3. The second kappa shape index (κ2) is 8.31. The highest BCUT2D eigenvalue weighted by atomic mass is 35.5. The number of aromatic nitrogens is 1. The van der Waals surface area contributed by atoms with Crippen molar-refractivity contribution in [3.8, 4) is 11.3 Å². The van der Waals surface area contributed by atoms with E-state index in [4.69, 9.17) is 23.2 Å². The summed E-state index contributed by atoms with van der Waals surface area (Å²) < 4.78 is 25.5. The van der Waals surface area contributed by atoms with Crippen LogP contribution < -0.4 is 5.32 Å². The molecule has 0 fully saturated rings. The maximum Gasteiger partial charge on any atom is 0.251 e. The van der Waals surface area contributed by atoms with Crippen LogP contribution in [-0.2, 0) is 15.6 Å². The fourth-order valence-electron chi connectivity index (χ4n) is 2.70. The van der Waals surface area contributed by atoms with Gasteiger partial charge in [0.2, 0.25) is 0 Å². The number of nitrogens with zero attached hydrogens (tertiary/aromatic N) is 1. The average molecular weight is 435 g/mol. The van der Waals surface area contributed by atoms with Crippen LogP contribution in [0.2, 0.25) is 10.0 Å². The summed E-state index contributed by atoms with van der Waals surface area (Å²) in [6.07, 6.45) is 1.48. The molecule has 8 heteroatoms. The van der Waals surface area contributed by atoms with E-state index in [1.807, 2.05) is 0 Å². The number of benzene rings is 2. The number of halogens is 2. The molecule has 1 amide bonds. The van der Waals surface area contributed by atoms with Crippen LogP contribution in [0.1, 0.15) is 15.9 Å². The first-order valence-electron chi connectivity index (χ1n) is 8.25. The summed E-state index contributed by atoms with van der Waals surface area (Å²) in [4.78, 5) is 16.1. The zero-order valence-electron chi connectivity index (χ0n) is 14.8. The zero-order chi connectivity index (χ0) is 20.3. The van der Waals surface area contributed by atoms with Crippen molar-refractivity contribution in [2.45, 2.75) is 10.6 Å². The molecule has 0 saturated carbocycles. The lowest BCUT2D eigenvalue weighted by Gasteiger charge is -2.08. The molecule has 0 atom stereocenters. The van der Waals surface area contributed by atoms with E-state index in [9.17, 15) is 13.2 Å². The highest BCUT2D eigenvalue weighted by Gasteiger charge is 2.17. The molecule has 1 N–H and O–H groups in total. The lowest BCUT2D eigenvalue weighted by Crippen LogP contribution is -2.18. The summed E-state index contributed by atoms with van der Waals surface area (Å²) in [7, 11) is -2.06. The molecule has 0 unspecified atom stereocenters. The van der Waals surface area contributed by atoms with E-state index < -0.39 is 9.84 Å². The molecule has 0 aliphatic rings. The molecule has 5 nitrogen and oxygen atoms in total. The number of carbonyl (C=O) groups is 1. The van der Waals surface area contributed by atoms with Gasteiger partial charge in [0.25, 0.3) is 5.91 Å². The summed E-state index contributed by atoms with van der Waals surface area (Å²) in [5.74, 6) is -0.479. The SMILES string of the molecule is CNC(=O)c1cccc(CS(=O)(=O)c2ccc(-c3ncc(Cl)cc3Cl)cc2)c1. The molecule has 0 aliphatic carbocycles. The summed E-state index contributed by atoms with van der Waals surface area (Å²) in [5, 5.41) is 3.33. The number of nitrogens with one attached hydrogen (secondary N) is 1. The Bertz CT molecular complexity index is 1130. The predicted octanol–water partition coefficient (Wildman–Crippen LogP) is 4.39. The highest BCUT2D eigenvalue weighted by molar-refractivity contribution is 7.90. The van der Waals surface area contributed by atoms with Gasteiger partial charge in [-0.05, 0) is 35.9 Å². The van der Waals surface area contributed by atoms with Crippen LogP contribution in [-0.4, -0.2) is 26.4 Å². The second-order valence-electron chi connectivity index (χ2n) is 6.05. The molecule has 0 bridgehead atoms. The predicted molar refractivity (Wildman–Crippen MR) is 110 cm³/mol. The van der Waals surface area contributed by atoms with Gasteiger partial charge in [-0.2, -0.15) is 0 Å². The van der Waals surface area contributed by atoms with Crippen molar-refractivity contribution >= 4 is 38.9 Å². The molecular formula is C20H16Cl2N2O3S. The topological polar surface area (TPSA) is 76.1 Å². The van der Waals surface area contributed by atoms with Crippen LogP contribution in [0, 0.1) is 0 Å². The molecule has 28 heavy (non-hydrogen) atoms. The third-order valence-electron chi connectivity index (χ3n) is 4.07. The Balaban J connectivity index is 1.86. The van der Waals surface area contributed by atoms with Gasteiger partial charge in [-0.1, -0.05) is 47.5 Å². The monoisotopic (exact) mass is 434 g/mol. The number of carbonyl (C=O) groups excluding carboxylic acids is 1. The Morgan fingerprint density at radius 3 is 2.43 bits per heavy atom. The minimum atomic E-state index is -3.58. The van der Waals surface area contributed by atoms with Gasteiger partial charge in [0.15, 0.2) is 9.84 Å². The van der Waals surface area contributed by atoms with E-state index >= 15 is 0 Å². The number of sulfone groups is 1. The van der Waals surface area contributed by atoms with Gasteiger partial charge in [0.1, 0.15) is 0 Å². The summed E-state index contributed by atoms with van der Waals surface area (Å²) in [5.41, 5.74) is 2.15. The van der Waals surface area contributed by atoms with Gasteiger partial charge in [-0.25, -0.2) is 8.42 Å². The Morgan fingerprint density at radius 1 is 1.07 bits per heavy atom. The van der Waals surface area contributed by atoms with Crippen molar-refractivity contribution in [2.75, 3.05) is 7.05 Å². The van der Waals surface area contributed by atoms with Gasteiger partial charge in [0.05, 0.1) is 26.4 Å². The van der Waals surface area contributed by atoms with E-state index in [0.717, 1.165) is 0 Å². The van der Waals surface area contributed by atoms with Crippen LogP contribution in [0.4, 0.5) is 0 Å². The second-order valence-corrected chi connectivity index (χ2v) is 8.88. The molecule has 0 spiro atoms.